The van der Waals surface area contributed by atoms with Gasteiger partial charge in [-0.1, -0.05) is 0 Å². The summed E-state index contributed by atoms with van der Waals surface area (Å²) in [5.41, 5.74) is 0. The summed E-state index contributed by atoms with van der Waals surface area (Å²) in [7, 11) is -2.71. The predicted molar refractivity (Wildman–Crippen MR) is 77.0 cm³/mol. The van der Waals surface area contributed by atoms with Gasteiger partial charge in [0.05, 0.1) is 11.5 Å². The molecule has 3 saturated heterocycles. The smallest absolute Gasteiger partial charge is 0.150 e. The molecule has 1 atom stereocenters. The van der Waals surface area contributed by atoms with Gasteiger partial charge in [-0.2, -0.15) is 0 Å². The lowest BCUT2D eigenvalue weighted by atomic mass is 9.87. The molecular weight excluding hydrogens is 260 g/mol. The molecule has 0 spiro atoms. The highest BCUT2D eigenvalue weighted by Gasteiger charge is 2.33. The first kappa shape index (κ1) is 13.8. The highest BCUT2D eigenvalue weighted by Crippen LogP contribution is 2.28. The maximum absolute atomic E-state index is 11.5. The standard InChI is InChI=1S/C14H26N2O2S/c17-19(18)10-5-13(6-11-19)16-8-3-12(4-9-16)14-2-1-7-15-14/h12-15H,1-11H2. The van der Waals surface area contributed by atoms with E-state index in [0.29, 0.717) is 17.5 Å². The second kappa shape index (κ2) is 5.70. The molecule has 1 unspecified atom stereocenters. The number of hydrogen-bond acceptors (Lipinski definition) is 4. The zero-order chi connectivity index (χ0) is 13.3. The first-order valence-electron chi connectivity index (χ1n) is 7.82. The van der Waals surface area contributed by atoms with Gasteiger partial charge in [-0.15, -0.1) is 0 Å². The summed E-state index contributed by atoms with van der Waals surface area (Å²) in [6.45, 7) is 3.55. The number of nitrogens with one attached hydrogen (secondary N) is 1. The van der Waals surface area contributed by atoms with Crippen LogP contribution in [0.3, 0.4) is 0 Å². The minimum absolute atomic E-state index is 0.405. The summed E-state index contributed by atoms with van der Waals surface area (Å²) in [5.74, 6) is 1.66. The normalized spacial score (nSPS) is 34.6. The largest absolute Gasteiger partial charge is 0.314 e. The topological polar surface area (TPSA) is 49.4 Å². The van der Waals surface area contributed by atoms with Crippen molar-refractivity contribution in [1.29, 1.82) is 0 Å². The minimum atomic E-state index is -2.71. The van der Waals surface area contributed by atoms with Crippen LogP contribution in [0.15, 0.2) is 0 Å². The van der Waals surface area contributed by atoms with Gasteiger partial charge in [0.1, 0.15) is 9.84 Å². The van der Waals surface area contributed by atoms with Crippen molar-refractivity contribution in [3.8, 4) is 0 Å². The second-order valence-electron chi connectivity index (χ2n) is 6.46. The molecule has 0 aromatic carbocycles. The summed E-state index contributed by atoms with van der Waals surface area (Å²) in [6.07, 6.45) is 6.99. The van der Waals surface area contributed by atoms with E-state index in [9.17, 15) is 8.42 Å². The Morgan fingerprint density at radius 2 is 1.63 bits per heavy atom. The average Bonchev–Trinajstić information content (AvgIpc) is 2.93. The molecule has 110 valence electrons. The molecule has 1 N–H and O–H groups in total. The van der Waals surface area contributed by atoms with Crippen molar-refractivity contribution in [2.75, 3.05) is 31.1 Å². The zero-order valence-corrected chi connectivity index (χ0v) is 12.5. The van der Waals surface area contributed by atoms with E-state index in [4.69, 9.17) is 0 Å². The van der Waals surface area contributed by atoms with Crippen molar-refractivity contribution in [2.24, 2.45) is 5.92 Å². The molecule has 0 aromatic heterocycles. The van der Waals surface area contributed by atoms with Gasteiger partial charge < -0.3 is 10.2 Å². The third kappa shape index (κ3) is 3.31. The molecule has 0 aromatic rings. The molecule has 3 heterocycles. The predicted octanol–water partition coefficient (Wildman–Crippen LogP) is 1.03. The fraction of sp³-hybridized carbons (Fsp3) is 1.00. The van der Waals surface area contributed by atoms with E-state index in [1.54, 1.807) is 0 Å². The van der Waals surface area contributed by atoms with Crippen LogP contribution in [0, 0.1) is 5.92 Å². The molecule has 5 heteroatoms. The Morgan fingerprint density at radius 3 is 2.21 bits per heavy atom. The highest BCUT2D eigenvalue weighted by atomic mass is 32.2. The third-order valence-electron chi connectivity index (χ3n) is 5.28. The molecule has 19 heavy (non-hydrogen) atoms. The lowest BCUT2D eigenvalue weighted by molar-refractivity contribution is 0.112. The van der Waals surface area contributed by atoms with E-state index >= 15 is 0 Å². The molecular formula is C14H26N2O2S. The monoisotopic (exact) mass is 286 g/mol. The van der Waals surface area contributed by atoms with Gasteiger partial charge in [0.15, 0.2) is 0 Å². The number of nitrogens with zero attached hydrogens (tertiary/aromatic N) is 1. The van der Waals surface area contributed by atoms with Crippen molar-refractivity contribution >= 4 is 9.84 Å². The second-order valence-corrected chi connectivity index (χ2v) is 8.76. The van der Waals surface area contributed by atoms with Gasteiger partial charge in [0.2, 0.25) is 0 Å². The molecule has 0 bridgehead atoms. The van der Waals surface area contributed by atoms with Crippen molar-refractivity contribution in [1.82, 2.24) is 10.2 Å². The Kier molecular flexibility index (Phi) is 4.15. The lowest BCUT2D eigenvalue weighted by Crippen LogP contribution is -2.47. The van der Waals surface area contributed by atoms with Crippen molar-refractivity contribution < 1.29 is 8.42 Å². The number of rotatable bonds is 2. The van der Waals surface area contributed by atoms with E-state index in [-0.39, 0.29) is 0 Å². The lowest BCUT2D eigenvalue weighted by Gasteiger charge is -2.40. The summed E-state index contributed by atoms with van der Waals surface area (Å²) >= 11 is 0. The number of piperidine rings is 1. The summed E-state index contributed by atoms with van der Waals surface area (Å²) in [6, 6.07) is 1.29. The zero-order valence-electron chi connectivity index (χ0n) is 11.7. The van der Waals surface area contributed by atoms with E-state index in [1.165, 1.54) is 45.3 Å². The molecule has 0 amide bonds. The summed E-state index contributed by atoms with van der Waals surface area (Å²) in [4.78, 5) is 2.56. The fourth-order valence-corrected chi connectivity index (χ4v) is 5.51. The van der Waals surface area contributed by atoms with Gasteiger partial charge in [-0.25, -0.2) is 8.42 Å². The average molecular weight is 286 g/mol. The van der Waals surface area contributed by atoms with Gasteiger partial charge >= 0.3 is 0 Å². The first-order chi connectivity index (χ1) is 9.14. The van der Waals surface area contributed by atoms with Crippen LogP contribution in [0.4, 0.5) is 0 Å². The Bertz CT molecular complexity index is 382. The van der Waals surface area contributed by atoms with Crippen molar-refractivity contribution in [3.05, 3.63) is 0 Å². The van der Waals surface area contributed by atoms with Crippen LogP contribution in [0.1, 0.15) is 38.5 Å². The van der Waals surface area contributed by atoms with E-state index in [0.717, 1.165) is 24.8 Å². The van der Waals surface area contributed by atoms with Crippen LogP contribution >= 0.6 is 0 Å². The van der Waals surface area contributed by atoms with E-state index in [2.05, 4.69) is 10.2 Å². The third-order valence-corrected chi connectivity index (χ3v) is 7.00. The number of likely N-dealkylation sites (tertiary alicyclic amines) is 1. The van der Waals surface area contributed by atoms with Crippen molar-refractivity contribution in [2.45, 2.75) is 50.6 Å². The first-order valence-corrected chi connectivity index (χ1v) is 9.64. The molecule has 3 aliphatic rings. The quantitative estimate of drug-likeness (QED) is 0.824. The summed E-state index contributed by atoms with van der Waals surface area (Å²) in [5, 5.41) is 3.63. The Morgan fingerprint density at radius 1 is 0.947 bits per heavy atom. The SMILES string of the molecule is O=S1(=O)CCC(N2CCC(C3CCCN3)CC2)CC1. The van der Waals surface area contributed by atoms with Crippen LogP contribution in [-0.2, 0) is 9.84 Å². The Balaban J connectivity index is 1.47. The van der Waals surface area contributed by atoms with Crippen molar-refractivity contribution in [3.63, 3.8) is 0 Å². The Labute approximate surface area is 116 Å². The van der Waals surface area contributed by atoms with Crippen LogP contribution in [-0.4, -0.2) is 56.5 Å². The molecule has 3 fully saturated rings. The minimum Gasteiger partial charge on any atom is -0.314 e. The van der Waals surface area contributed by atoms with Crippen LogP contribution in [0.2, 0.25) is 0 Å². The molecule has 0 saturated carbocycles. The number of sulfone groups is 1. The fourth-order valence-electron chi connectivity index (χ4n) is 4.04. The highest BCUT2D eigenvalue weighted by molar-refractivity contribution is 7.91. The van der Waals surface area contributed by atoms with Gasteiger partial charge in [0, 0.05) is 12.1 Å². The van der Waals surface area contributed by atoms with Crippen LogP contribution in [0.5, 0.6) is 0 Å². The van der Waals surface area contributed by atoms with Crippen LogP contribution in [0.25, 0.3) is 0 Å². The van der Waals surface area contributed by atoms with E-state index < -0.39 is 9.84 Å². The maximum atomic E-state index is 11.5. The van der Waals surface area contributed by atoms with Gasteiger partial charge in [-0.3, -0.25) is 0 Å². The maximum Gasteiger partial charge on any atom is 0.150 e. The Hall–Kier alpha value is -0.130. The van der Waals surface area contributed by atoms with Gasteiger partial charge in [0.25, 0.3) is 0 Å². The molecule has 3 rings (SSSR count). The molecule has 0 radical (unpaired) electrons. The molecule has 4 nitrogen and oxygen atoms in total. The molecule has 0 aliphatic carbocycles. The summed E-state index contributed by atoms with van der Waals surface area (Å²) < 4.78 is 23.0. The van der Waals surface area contributed by atoms with Crippen LogP contribution < -0.4 is 5.32 Å². The van der Waals surface area contributed by atoms with E-state index in [1.807, 2.05) is 0 Å². The number of hydrogen-bond donors (Lipinski definition) is 1. The van der Waals surface area contributed by atoms with Gasteiger partial charge in [-0.05, 0) is 64.1 Å². The molecule has 3 aliphatic heterocycles.